The smallest absolute Gasteiger partial charge is 0.388 e. The predicted molar refractivity (Wildman–Crippen MR) is 73.0 cm³/mol. The molecule has 0 saturated carbocycles. The standard InChI is InChI=1S/C13H10ClF2N3O3/c1-6-3-7(9(5-17-6)12(20)21-2)8-4-10(14)18-19-11(8)22-13(15)16/h3-5,13H,1-2H3. The quantitative estimate of drug-likeness (QED) is 0.803. The molecule has 2 aromatic heterocycles. The number of halogens is 3. The van der Waals surface area contributed by atoms with Crippen LogP contribution < -0.4 is 4.74 Å². The summed E-state index contributed by atoms with van der Waals surface area (Å²) >= 11 is 5.76. The van der Waals surface area contributed by atoms with Crippen molar-refractivity contribution in [3.05, 3.63) is 34.7 Å². The Bertz CT molecular complexity index is 713. The summed E-state index contributed by atoms with van der Waals surface area (Å²) in [7, 11) is 1.19. The molecular formula is C13H10ClF2N3O3. The highest BCUT2D eigenvalue weighted by atomic mass is 35.5. The first-order chi connectivity index (χ1) is 10.4. The molecule has 0 N–H and O–H groups in total. The molecule has 0 radical (unpaired) electrons. The molecule has 116 valence electrons. The van der Waals surface area contributed by atoms with Gasteiger partial charge in [-0.25, -0.2) is 4.79 Å². The average molecular weight is 330 g/mol. The molecule has 2 rings (SSSR count). The predicted octanol–water partition coefficient (Wildman–Crippen LogP) is 2.89. The second-order valence-corrected chi connectivity index (χ2v) is 4.51. The van der Waals surface area contributed by atoms with Crippen LogP contribution in [-0.4, -0.2) is 34.9 Å². The third kappa shape index (κ3) is 3.45. The van der Waals surface area contributed by atoms with Crippen LogP contribution in [-0.2, 0) is 4.74 Å². The fourth-order valence-corrected chi connectivity index (χ4v) is 1.92. The molecule has 0 fully saturated rings. The zero-order valence-electron chi connectivity index (χ0n) is 11.5. The fraction of sp³-hybridized carbons (Fsp3) is 0.231. The summed E-state index contributed by atoms with van der Waals surface area (Å²) < 4.78 is 34.0. The number of aromatic nitrogens is 3. The molecular weight excluding hydrogens is 320 g/mol. The molecule has 0 bridgehead atoms. The van der Waals surface area contributed by atoms with Gasteiger partial charge in [0.15, 0.2) is 5.15 Å². The molecule has 0 aliphatic rings. The summed E-state index contributed by atoms with van der Waals surface area (Å²) in [6.07, 6.45) is 1.27. The Morgan fingerprint density at radius 2 is 2.00 bits per heavy atom. The van der Waals surface area contributed by atoms with Gasteiger partial charge in [0.25, 0.3) is 0 Å². The number of pyridine rings is 1. The van der Waals surface area contributed by atoms with E-state index in [1.807, 2.05) is 0 Å². The molecule has 0 saturated heterocycles. The van der Waals surface area contributed by atoms with Crippen molar-refractivity contribution >= 4 is 17.6 Å². The van der Waals surface area contributed by atoms with E-state index in [0.717, 1.165) is 0 Å². The summed E-state index contributed by atoms with van der Waals surface area (Å²) in [5, 5.41) is 6.91. The molecule has 0 amide bonds. The van der Waals surface area contributed by atoms with Crippen molar-refractivity contribution < 1.29 is 23.0 Å². The monoisotopic (exact) mass is 329 g/mol. The van der Waals surface area contributed by atoms with Crippen LogP contribution in [0.15, 0.2) is 18.3 Å². The number of aryl methyl sites for hydroxylation is 1. The fourth-order valence-electron chi connectivity index (χ4n) is 1.78. The maximum Gasteiger partial charge on any atom is 0.388 e. The van der Waals surface area contributed by atoms with Gasteiger partial charge in [0, 0.05) is 23.0 Å². The first kappa shape index (κ1) is 16.0. The first-order valence-electron chi connectivity index (χ1n) is 5.95. The molecule has 9 heteroatoms. The van der Waals surface area contributed by atoms with Gasteiger partial charge in [0.2, 0.25) is 5.88 Å². The topological polar surface area (TPSA) is 74.2 Å². The van der Waals surface area contributed by atoms with Crippen molar-refractivity contribution in [2.75, 3.05) is 7.11 Å². The van der Waals surface area contributed by atoms with Gasteiger partial charge in [-0.15, -0.1) is 10.2 Å². The van der Waals surface area contributed by atoms with E-state index in [2.05, 4.69) is 24.7 Å². The lowest BCUT2D eigenvalue weighted by Crippen LogP contribution is -2.09. The Kier molecular flexibility index (Phi) is 4.81. The number of carbonyl (C=O) groups is 1. The van der Waals surface area contributed by atoms with E-state index >= 15 is 0 Å². The number of methoxy groups -OCH3 is 1. The molecule has 0 unspecified atom stereocenters. The van der Waals surface area contributed by atoms with Crippen LogP contribution in [0.25, 0.3) is 11.1 Å². The van der Waals surface area contributed by atoms with E-state index in [4.69, 9.17) is 11.6 Å². The number of nitrogens with zero attached hydrogens (tertiary/aromatic N) is 3. The zero-order valence-corrected chi connectivity index (χ0v) is 12.3. The van der Waals surface area contributed by atoms with Gasteiger partial charge in [0.05, 0.1) is 12.7 Å². The van der Waals surface area contributed by atoms with E-state index in [1.54, 1.807) is 6.92 Å². The highest BCUT2D eigenvalue weighted by molar-refractivity contribution is 6.29. The van der Waals surface area contributed by atoms with E-state index < -0.39 is 18.5 Å². The largest absolute Gasteiger partial charge is 0.465 e. The molecule has 22 heavy (non-hydrogen) atoms. The lowest BCUT2D eigenvalue weighted by Gasteiger charge is -2.12. The Morgan fingerprint density at radius 1 is 1.27 bits per heavy atom. The van der Waals surface area contributed by atoms with Crippen molar-refractivity contribution in [2.24, 2.45) is 0 Å². The lowest BCUT2D eigenvalue weighted by atomic mass is 10.0. The van der Waals surface area contributed by atoms with Crippen molar-refractivity contribution in [3.8, 4) is 17.0 Å². The summed E-state index contributed by atoms with van der Waals surface area (Å²) in [4.78, 5) is 15.8. The maximum atomic E-state index is 12.5. The Labute approximate surface area is 129 Å². The van der Waals surface area contributed by atoms with Crippen LogP contribution in [0.1, 0.15) is 16.1 Å². The van der Waals surface area contributed by atoms with Crippen LogP contribution in [0, 0.1) is 6.92 Å². The van der Waals surface area contributed by atoms with Crippen LogP contribution in [0.3, 0.4) is 0 Å². The number of carbonyl (C=O) groups excluding carboxylic acids is 1. The second-order valence-electron chi connectivity index (χ2n) is 4.13. The van der Waals surface area contributed by atoms with Crippen molar-refractivity contribution in [3.63, 3.8) is 0 Å². The number of hydrogen-bond donors (Lipinski definition) is 0. The SMILES string of the molecule is COC(=O)c1cnc(C)cc1-c1cc(Cl)nnc1OC(F)F. The third-order valence-corrected chi connectivity index (χ3v) is 2.85. The second kappa shape index (κ2) is 6.61. The molecule has 0 aliphatic heterocycles. The molecule has 6 nitrogen and oxygen atoms in total. The summed E-state index contributed by atoms with van der Waals surface area (Å²) in [5.74, 6) is -1.13. The Morgan fingerprint density at radius 3 is 2.64 bits per heavy atom. The van der Waals surface area contributed by atoms with Gasteiger partial charge in [0.1, 0.15) is 0 Å². The molecule has 2 aromatic rings. The van der Waals surface area contributed by atoms with Gasteiger partial charge in [-0.3, -0.25) is 4.98 Å². The van der Waals surface area contributed by atoms with Crippen LogP contribution in [0.5, 0.6) is 5.88 Å². The Hall–Kier alpha value is -2.35. The lowest BCUT2D eigenvalue weighted by molar-refractivity contribution is -0.0529. The van der Waals surface area contributed by atoms with Crippen LogP contribution in [0.4, 0.5) is 8.78 Å². The van der Waals surface area contributed by atoms with E-state index in [-0.39, 0.29) is 21.8 Å². The third-order valence-electron chi connectivity index (χ3n) is 2.67. The van der Waals surface area contributed by atoms with Gasteiger partial charge >= 0.3 is 12.6 Å². The highest BCUT2D eigenvalue weighted by Crippen LogP contribution is 2.33. The minimum absolute atomic E-state index is 0.0399. The molecule has 0 atom stereocenters. The van der Waals surface area contributed by atoms with Gasteiger partial charge in [-0.05, 0) is 19.1 Å². The Balaban J connectivity index is 2.67. The normalized spacial score (nSPS) is 10.6. The van der Waals surface area contributed by atoms with E-state index in [1.165, 1.54) is 25.4 Å². The summed E-state index contributed by atoms with van der Waals surface area (Å²) in [6, 6.07) is 2.78. The minimum atomic E-state index is -3.10. The van der Waals surface area contributed by atoms with Gasteiger partial charge in [-0.1, -0.05) is 11.6 Å². The van der Waals surface area contributed by atoms with Crippen molar-refractivity contribution in [1.29, 1.82) is 0 Å². The van der Waals surface area contributed by atoms with Crippen LogP contribution >= 0.6 is 11.6 Å². The van der Waals surface area contributed by atoms with Crippen molar-refractivity contribution in [2.45, 2.75) is 13.5 Å². The number of hydrogen-bond acceptors (Lipinski definition) is 6. The number of rotatable bonds is 4. The number of alkyl halides is 2. The minimum Gasteiger partial charge on any atom is -0.465 e. The molecule has 0 aromatic carbocycles. The van der Waals surface area contributed by atoms with Crippen molar-refractivity contribution in [1.82, 2.24) is 15.2 Å². The van der Waals surface area contributed by atoms with Gasteiger partial charge in [-0.2, -0.15) is 8.78 Å². The first-order valence-corrected chi connectivity index (χ1v) is 6.33. The average Bonchev–Trinajstić information content (AvgIpc) is 2.47. The summed E-state index contributed by atoms with van der Waals surface area (Å²) in [5.41, 5.74) is 0.966. The molecule has 2 heterocycles. The highest BCUT2D eigenvalue weighted by Gasteiger charge is 2.21. The maximum absolute atomic E-state index is 12.5. The van der Waals surface area contributed by atoms with E-state index in [0.29, 0.717) is 5.69 Å². The number of ether oxygens (including phenoxy) is 2. The zero-order chi connectivity index (χ0) is 16.3. The molecule has 0 aliphatic carbocycles. The van der Waals surface area contributed by atoms with Crippen LogP contribution in [0.2, 0.25) is 5.15 Å². The van der Waals surface area contributed by atoms with Gasteiger partial charge < -0.3 is 9.47 Å². The number of esters is 1. The summed E-state index contributed by atoms with van der Waals surface area (Å²) in [6.45, 7) is -1.42. The molecule has 0 spiro atoms. The van der Waals surface area contributed by atoms with E-state index in [9.17, 15) is 13.6 Å².